The first-order valence-electron chi connectivity index (χ1n) is 12.0. The van der Waals surface area contributed by atoms with Crippen molar-refractivity contribution in [2.75, 3.05) is 49.6 Å². The van der Waals surface area contributed by atoms with Gasteiger partial charge in [-0.15, -0.1) is 0 Å². The Hall–Kier alpha value is -3.72. The molecule has 2 aliphatic heterocycles. The van der Waals surface area contributed by atoms with Crippen LogP contribution in [0.1, 0.15) is 18.4 Å². The summed E-state index contributed by atoms with van der Waals surface area (Å²) in [5, 5.41) is 4.33. The highest BCUT2D eigenvalue weighted by Gasteiger charge is 2.21. The van der Waals surface area contributed by atoms with Gasteiger partial charge in [0.05, 0.1) is 18.3 Å². The molecule has 9 heteroatoms. The number of nitrogens with one attached hydrogen (secondary N) is 1. The van der Waals surface area contributed by atoms with Crippen LogP contribution in [0.4, 0.5) is 17.3 Å². The van der Waals surface area contributed by atoms with Crippen LogP contribution in [0.2, 0.25) is 0 Å². The molecular weight excluding hydrogens is 444 g/mol. The quantitative estimate of drug-likeness (QED) is 0.543. The average molecular weight is 475 g/mol. The van der Waals surface area contributed by atoms with Crippen LogP contribution in [0.3, 0.4) is 0 Å². The monoisotopic (exact) mass is 474 g/mol. The Morgan fingerprint density at radius 1 is 1.20 bits per heavy atom. The van der Waals surface area contributed by atoms with E-state index in [-0.39, 0.29) is 12.0 Å². The zero-order valence-corrected chi connectivity index (χ0v) is 19.9. The van der Waals surface area contributed by atoms with Crippen LogP contribution in [0.5, 0.6) is 5.75 Å². The maximum atomic E-state index is 11.9. The topological polar surface area (TPSA) is 92.7 Å². The van der Waals surface area contributed by atoms with Crippen molar-refractivity contribution in [3.63, 3.8) is 0 Å². The summed E-state index contributed by atoms with van der Waals surface area (Å²) in [6.45, 7) is 9.78. The van der Waals surface area contributed by atoms with Crippen LogP contribution in [0, 0.1) is 6.92 Å². The molecule has 0 aliphatic carbocycles. The molecule has 5 rings (SSSR count). The molecule has 2 aliphatic rings. The Labute approximate surface area is 204 Å². The van der Waals surface area contributed by atoms with E-state index in [1.165, 1.54) is 6.08 Å². The number of carbonyl (C=O) groups excluding carboxylic acids is 1. The van der Waals surface area contributed by atoms with Gasteiger partial charge in [0.15, 0.2) is 0 Å². The number of fused-ring (bicyclic) bond motifs is 1. The third-order valence-corrected chi connectivity index (χ3v) is 6.45. The van der Waals surface area contributed by atoms with Crippen LogP contribution < -0.4 is 15.0 Å². The fourth-order valence-corrected chi connectivity index (χ4v) is 4.49. The molecule has 2 saturated heterocycles. The van der Waals surface area contributed by atoms with Crippen LogP contribution in [0.25, 0.3) is 10.9 Å². The van der Waals surface area contributed by atoms with Crippen molar-refractivity contribution in [3.8, 4) is 5.75 Å². The van der Waals surface area contributed by atoms with Gasteiger partial charge in [-0.3, -0.25) is 4.79 Å². The number of benzene rings is 1. The SMILES string of the molecule is C=CC(=O)N1CCN(c2cc3c(Nc4ccc(OC5CCCOC5)c(C)c4)ncnc3cn2)CC1. The number of ether oxygens (including phenoxy) is 2. The second kappa shape index (κ2) is 10.3. The molecule has 1 unspecified atom stereocenters. The molecule has 1 amide bonds. The first-order chi connectivity index (χ1) is 17.1. The fraction of sp³-hybridized carbons (Fsp3) is 0.385. The second-order valence-electron chi connectivity index (χ2n) is 8.86. The zero-order chi connectivity index (χ0) is 24.2. The predicted octanol–water partition coefficient (Wildman–Crippen LogP) is 3.47. The van der Waals surface area contributed by atoms with Gasteiger partial charge in [-0.05, 0) is 55.7 Å². The van der Waals surface area contributed by atoms with E-state index in [9.17, 15) is 4.79 Å². The van der Waals surface area contributed by atoms with Crippen molar-refractivity contribution in [1.82, 2.24) is 19.9 Å². The molecule has 0 spiro atoms. The molecule has 0 bridgehead atoms. The Morgan fingerprint density at radius 2 is 2.06 bits per heavy atom. The van der Waals surface area contributed by atoms with Crippen molar-refractivity contribution in [2.24, 2.45) is 0 Å². The van der Waals surface area contributed by atoms with Crippen molar-refractivity contribution in [3.05, 3.63) is 55.0 Å². The lowest BCUT2D eigenvalue weighted by Crippen LogP contribution is -2.48. The fourth-order valence-electron chi connectivity index (χ4n) is 4.49. The molecular formula is C26H30N6O3. The number of aromatic nitrogens is 3. The third kappa shape index (κ3) is 5.19. The normalized spacial score (nSPS) is 18.4. The van der Waals surface area contributed by atoms with E-state index in [2.05, 4.69) is 37.8 Å². The minimum absolute atomic E-state index is 0.0326. The number of amides is 1. The predicted molar refractivity (Wildman–Crippen MR) is 135 cm³/mol. The first kappa shape index (κ1) is 23.0. The summed E-state index contributed by atoms with van der Waals surface area (Å²) in [5.74, 6) is 2.40. The van der Waals surface area contributed by atoms with Crippen molar-refractivity contribution in [2.45, 2.75) is 25.9 Å². The van der Waals surface area contributed by atoms with E-state index < -0.39 is 0 Å². The highest BCUT2D eigenvalue weighted by Crippen LogP contribution is 2.29. The molecule has 9 nitrogen and oxygen atoms in total. The van der Waals surface area contributed by atoms with E-state index in [4.69, 9.17) is 9.47 Å². The van der Waals surface area contributed by atoms with Gasteiger partial charge in [0.2, 0.25) is 5.91 Å². The smallest absolute Gasteiger partial charge is 0.246 e. The molecule has 1 N–H and O–H groups in total. The standard InChI is InChI=1S/C26H30N6O3/c1-3-25(33)32-10-8-31(9-11-32)24-14-21-22(15-27-24)28-17-29-26(21)30-19-6-7-23(18(2)13-19)35-20-5-4-12-34-16-20/h3,6-7,13-15,17,20H,1,4-5,8-12,16H2,2H3,(H,28,29,30). The van der Waals surface area contributed by atoms with E-state index in [0.29, 0.717) is 38.6 Å². The van der Waals surface area contributed by atoms with Gasteiger partial charge in [0, 0.05) is 43.9 Å². The summed E-state index contributed by atoms with van der Waals surface area (Å²) in [4.78, 5) is 29.4. The molecule has 1 aromatic carbocycles. The minimum atomic E-state index is -0.0326. The van der Waals surface area contributed by atoms with Gasteiger partial charge in [0.1, 0.15) is 29.8 Å². The highest BCUT2D eigenvalue weighted by molar-refractivity contribution is 5.92. The maximum Gasteiger partial charge on any atom is 0.246 e. The van der Waals surface area contributed by atoms with Gasteiger partial charge >= 0.3 is 0 Å². The number of hydrogen-bond acceptors (Lipinski definition) is 8. The molecule has 0 radical (unpaired) electrons. The van der Waals surface area contributed by atoms with Crippen molar-refractivity contribution in [1.29, 1.82) is 0 Å². The summed E-state index contributed by atoms with van der Waals surface area (Å²) < 4.78 is 11.7. The van der Waals surface area contributed by atoms with Gasteiger partial charge in [-0.2, -0.15) is 0 Å². The molecule has 4 heterocycles. The molecule has 1 atom stereocenters. The van der Waals surface area contributed by atoms with Gasteiger partial charge in [0.25, 0.3) is 0 Å². The van der Waals surface area contributed by atoms with E-state index in [0.717, 1.165) is 53.2 Å². The van der Waals surface area contributed by atoms with Crippen LogP contribution >= 0.6 is 0 Å². The summed E-state index contributed by atoms with van der Waals surface area (Å²) >= 11 is 0. The van der Waals surface area contributed by atoms with Gasteiger partial charge in [-0.1, -0.05) is 6.58 Å². The Morgan fingerprint density at radius 3 is 2.80 bits per heavy atom. The maximum absolute atomic E-state index is 11.9. The van der Waals surface area contributed by atoms with Gasteiger partial charge < -0.3 is 24.6 Å². The summed E-state index contributed by atoms with van der Waals surface area (Å²) in [6.07, 6.45) is 6.83. The first-order valence-corrected chi connectivity index (χ1v) is 12.0. The van der Waals surface area contributed by atoms with Crippen LogP contribution in [0.15, 0.2) is 49.4 Å². The largest absolute Gasteiger partial charge is 0.488 e. The third-order valence-electron chi connectivity index (χ3n) is 6.45. The lowest BCUT2D eigenvalue weighted by molar-refractivity contribution is -0.126. The number of piperazine rings is 1. The molecule has 0 saturated carbocycles. The second-order valence-corrected chi connectivity index (χ2v) is 8.86. The van der Waals surface area contributed by atoms with Crippen molar-refractivity contribution >= 4 is 34.1 Å². The summed E-state index contributed by atoms with van der Waals surface area (Å²) in [7, 11) is 0. The zero-order valence-electron chi connectivity index (χ0n) is 19.9. The Balaban J connectivity index is 1.33. The van der Waals surface area contributed by atoms with Gasteiger partial charge in [-0.25, -0.2) is 15.0 Å². The Kier molecular flexibility index (Phi) is 6.76. The number of rotatable bonds is 6. The highest BCUT2D eigenvalue weighted by atomic mass is 16.5. The summed E-state index contributed by atoms with van der Waals surface area (Å²) in [6, 6.07) is 8.06. The average Bonchev–Trinajstić information content (AvgIpc) is 2.90. The number of carbonyl (C=O) groups is 1. The molecule has 2 aromatic heterocycles. The number of aryl methyl sites for hydroxylation is 1. The van der Waals surface area contributed by atoms with E-state index >= 15 is 0 Å². The van der Waals surface area contributed by atoms with E-state index in [1.54, 1.807) is 17.4 Å². The molecule has 2 fully saturated rings. The number of anilines is 3. The summed E-state index contributed by atoms with van der Waals surface area (Å²) in [5.41, 5.74) is 2.73. The van der Waals surface area contributed by atoms with E-state index in [1.807, 2.05) is 25.1 Å². The Bertz CT molecular complexity index is 1220. The molecule has 3 aromatic rings. The minimum Gasteiger partial charge on any atom is -0.488 e. The van der Waals surface area contributed by atoms with Crippen LogP contribution in [-0.2, 0) is 9.53 Å². The molecule has 182 valence electrons. The number of nitrogens with zero attached hydrogens (tertiary/aromatic N) is 5. The number of hydrogen-bond donors (Lipinski definition) is 1. The van der Waals surface area contributed by atoms with Crippen molar-refractivity contribution < 1.29 is 14.3 Å². The molecule has 35 heavy (non-hydrogen) atoms. The lowest BCUT2D eigenvalue weighted by Gasteiger charge is -2.35. The lowest BCUT2D eigenvalue weighted by atomic mass is 10.1. The number of pyridine rings is 1. The van der Waals surface area contributed by atoms with Crippen LogP contribution in [-0.4, -0.2) is 71.3 Å².